The van der Waals surface area contributed by atoms with Crippen LogP contribution in [-0.4, -0.2) is 31.4 Å². The predicted molar refractivity (Wildman–Crippen MR) is 66.9 cm³/mol. The van der Waals surface area contributed by atoms with Gasteiger partial charge in [-0.3, -0.25) is 4.79 Å². The molecule has 1 aliphatic rings. The van der Waals surface area contributed by atoms with Crippen LogP contribution in [0.3, 0.4) is 0 Å². The van der Waals surface area contributed by atoms with Crippen molar-refractivity contribution in [3.05, 3.63) is 29.6 Å². The van der Waals surface area contributed by atoms with E-state index in [9.17, 15) is 9.18 Å². The lowest BCUT2D eigenvalue weighted by Gasteiger charge is -2.46. The number of carboxylic acids is 1. The number of rotatable bonds is 5. The van der Waals surface area contributed by atoms with E-state index in [0.29, 0.717) is 13.2 Å². The summed E-state index contributed by atoms with van der Waals surface area (Å²) in [4.78, 5) is 10.9. The number of carboxylic acid groups (broad SMARTS) is 1. The summed E-state index contributed by atoms with van der Waals surface area (Å²) in [6, 6.07) is 4.76. The van der Waals surface area contributed by atoms with Crippen LogP contribution in [0.1, 0.15) is 18.9 Å². The van der Waals surface area contributed by atoms with Crippen molar-refractivity contribution in [2.24, 2.45) is 5.92 Å². The van der Waals surface area contributed by atoms with Crippen molar-refractivity contribution in [2.75, 3.05) is 20.3 Å². The van der Waals surface area contributed by atoms with Gasteiger partial charge in [-0.15, -0.1) is 0 Å². The van der Waals surface area contributed by atoms with Crippen molar-refractivity contribution in [2.45, 2.75) is 18.8 Å². The van der Waals surface area contributed by atoms with Crippen LogP contribution in [0.25, 0.3) is 0 Å². The monoisotopic (exact) mass is 268 g/mol. The van der Waals surface area contributed by atoms with Gasteiger partial charge in [0.15, 0.2) is 11.6 Å². The quantitative estimate of drug-likeness (QED) is 0.889. The van der Waals surface area contributed by atoms with Gasteiger partial charge in [-0.25, -0.2) is 4.39 Å². The van der Waals surface area contributed by atoms with Gasteiger partial charge < -0.3 is 14.6 Å². The van der Waals surface area contributed by atoms with E-state index in [1.807, 2.05) is 6.92 Å². The van der Waals surface area contributed by atoms with Gasteiger partial charge in [-0.05, 0) is 23.6 Å². The number of hydrogen-bond acceptors (Lipinski definition) is 3. The molecule has 4 nitrogen and oxygen atoms in total. The zero-order chi connectivity index (χ0) is 14.0. The topological polar surface area (TPSA) is 55.8 Å². The second-order valence-electron chi connectivity index (χ2n) is 5.00. The van der Waals surface area contributed by atoms with Crippen LogP contribution in [-0.2, 0) is 14.9 Å². The minimum Gasteiger partial charge on any atom is -0.494 e. The number of ether oxygens (including phenoxy) is 2. The molecule has 2 rings (SSSR count). The molecule has 0 radical (unpaired) electrons. The summed E-state index contributed by atoms with van der Waals surface area (Å²) in [7, 11) is 1.41. The van der Waals surface area contributed by atoms with Crippen LogP contribution in [0, 0.1) is 11.7 Å². The smallest absolute Gasteiger partial charge is 0.303 e. The summed E-state index contributed by atoms with van der Waals surface area (Å²) in [5.74, 6) is -1.22. The molecule has 0 amide bonds. The van der Waals surface area contributed by atoms with Gasteiger partial charge in [0, 0.05) is 11.8 Å². The maximum atomic E-state index is 13.8. The molecular weight excluding hydrogens is 251 g/mol. The Bertz CT molecular complexity index is 482. The van der Waals surface area contributed by atoms with Crippen LogP contribution in [0.4, 0.5) is 4.39 Å². The third-order valence-corrected chi connectivity index (χ3v) is 3.87. The Morgan fingerprint density at radius 1 is 1.58 bits per heavy atom. The number of hydrogen-bond donors (Lipinski definition) is 1. The molecule has 1 aliphatic heterocycles. The zero-order valence-electron chi connectivity index (χ0n) is 11.0. The molecule has 1 atom stereocenters. The first kappa shape index (κ1) is 13.8. The lowest BCUT2D eigenvalue weighted by molar-refractivity contribution is -0.142. The second kappa shape index (κ2) is 5.17. The van der Waals surface area contributed by atoms with Crippen molar-refractivity contribution in [3.8, 4) is 5.75 Å². The summed E-state index contributed by atoms with van der Waals surface area (Å²) in [6.07, 6.45) is 0.0387. The summed E-state index contributed by atoms with van der Waals surface area (Å²) in [6.45, 7) is 2.71. The molecule has 5 heteroatoms. The fraction of sp³-hybridized carbons (Fsp3) is 0.500. The summed E-state index contributed by atoms with van der Waals surface area (Å²) >= 11 is 0. The molecule has 0 aromatic heterocycles. The first-order valence-electron chi connectivity index (χ1n) is 6.13. The Morgan fingerprint density at radius 2 is 2.26 bits per heavy atom. The van der Waals surface area contributed by atoms with Crippen molar-refractivity contribution >= 4 is 5.97 Å². The lowest BCUT2D eigenvalue weighted by Crippen LogP contribution is -2.52. The van der Waals surface area contributed by atoms with Gasteiger partial charge in [0.05, 0.1) is 20.3 Å². The standard InChI is InChI=1S/C14H17FO4/c1-9(5-13(16)17)14(7-19-8-14)10-3-4-12(18-2)11(15)6-10/h3-4,6,9H,5,7-8H2,1-2H3,(H,16,17). The lowest BCUT2D eigenvalue weighted by atomic mass is 9.68. The Kier molecular flexibility index (Phi) is 3.75. The van der Waals surface area contributed by atoms with E-state index >= 15 is 0 Å². The third-order valence-electron chi connectivity index (χ3n) is 3.87. The predicted octanol–water partition coefficient (Wildman–Crippen LogP) is 2.21. The second-order valence-corrected chi connectivity index (χ2v) is 5.00. The first-order valence-corrected chi connectivity index (χ1v) is 6.13. The van der Waals surface area contributed by atoms with E-state index < -0.39 is 17.2 Å². The molecule has 1 aromatic carbocycles. The Morgan fingerprint density at radius 3 is 2.68 bits per heavy atom. The number of carbonyl (C=O) groups is 1. The SMILES string of the molecule is COc1ccc(C2(C(C)CC(=O)O)COC2)cc1F. The average molecular weight is 268 g/mol. The van der Waals surface area contributed by atoms with E-state index in [2.05, 4.69) is 0 Å². The highest BCUT2D eigenvalue weighted by molar-refractivity contribution is 5.67. The largest absolute Gasteiger partial charge is 0.494 e. The molecule has 1 aromatic rings. The molecule has 1 saturated heterocycles. The van der Waals surface area contributed by atoms with Crippen molar-refractivity contribution < 1.29 is 23.8 Å². The molecule has 0 aliphatic carbocycles. The van der Waals surface area contributed by atoms with E-state index in [0.717, 1.165) is 5.56 Å². The van der Waals surface area contributed by atoms with Crippen molar-refractivity contribution in [1.29, 1.82) is 0 Å². The molecule has 104 valence electrons. The number of methoxy groups -OCH3 is 1. The molecular formula is C14H17FO4. The fourth-order valence-corrected chi connectivity index (χ4v) is 2.49. The molecule has 1 fully saturated rings. The van der Waals surface area contributed by atoms with Crippen LogP contribution < -0.4 is 4.74 Å². The van der Waals surface area contributed by atoms with Crippen LogP contribution in [0.2, 0.25) is 0 Å². The number of halogens is 1. The van der Waals surface area contributed by atoms with Gasteiger partial charge in [0.25, 0.3) is 0 Å². The third kappa shape index (κ3) is 2.42. The van der Waals surface area contributed by atoms with Gasteiger partial charge in [0.1, 0.15) is 0 Å². The Labute approximate surface area is 111 Å². The minimum atomic E-state index is -0.854. The van der Waals surface area contributed by atoms with Gasteiger partial charge >= 0.3 is 5.97 Å². The maximum absolute atomic E-state index is 13.8. The van der Waals surface area contributed by atoms with E-state index in [-0.39, 0.29) is 18.1 Å². The molecule has 1 unspecified atom stereocenters. The Hall–Kier alpha value is -1.62. The molecule has 1 N–H and O–H groups in total. The van der Waals surface area contributed by atoms with E-state index in [1.165, 1.54) is 13.2 Å². The van der Waals surface area contributed by atoms with Crippen LogP contribution in [0.15, 0.2) is 18.2 Å². The number of benzene rings is 1. The highest BCUT2D eigenvalue weighted by atomic mass is 19.1. The first-order chi connectivity index (χ1) is 8.99. The maximum Gasteiger partial charge on any atom is 0.303 e. The van der Waals surface area contributed by atoms with Crippen LogP contribution in [0.5, 0.6) is 5.75 Å². The molecule has 19 heavy (non-hydrogen) atoms. The van der Waals surface area contributed by atoms with Crippen molar-refractivity contribution in [3.63, 3.8) is 0 Å². The van der Waals surface area contributed by atoms with Crippen molar-refractivity contribution in [1.82, 2.24) is 0 Å². The van der Waals surface area contributed by atoms with Gasteiger partial charge in [-0.2, -0.15) is 0 Å². The summed E-state index contributed by atoms with van der Waals surface area (Å²) < 4.78 is 23.9. The summed E-state index contributed by atoms with van der Waals surface area (Å²) in [5.41, 5.74) is 0.358. The minimum absolute atomic E-state index is 0.0387. The normalized spacial score (nSPS) is 18.5. The molecule has 0 bridgehead atoms. The molecule has 1 heterocycles. The Balaban J connectivity index is 2.31. The fourth-order valence-electron chi connectivity index (χ4n) is 2.49. The highest BCUT2D eigenvalue weighted by Gasteiger charge is 2.46. The molecule has 0 saturated carbocycles. The zero-order valence-corrected chi connectivity index (χ0v) is 11.0. The number of aliphatic carboxylic acids is 1. The van der Waals surface area contributed by atoms with Gasteiger partial charge in [0.2, 0.25) is 0 Å². The van der Waals surface area contributed by atoms with Gasteiger partial charge in [-0.1, -0.05) is 13.0 Å². The van der Waals surface area contributed by atoms with E-state index in [1.54, 1.807) is 12.1 Å². The highest BCUT2D eigenvalue weighted by Crippen LogP contribution is 2.42. The van der Waals surface area contributed by atoms with E-state index in [4.69, 9.17) is 14.6 Å². The molecule has 0 spiro atoms. The van der Waals surface area contributed by atoms with Crippen LogP contribution >= 0.6 is 0 Å². The summed E-state index contributed by atoms with van der Waals surface area (Å²) in [5, 5.41) is 8.92. The average Bonchev–Trinajstić information content (AvgIpc) is 2.26.